The molecule has 0 radical (unpaired) electrons. The molecule has 1 saturated heterocycles. The fourth-order valence-electron chi connectivity index (χ4n) is 1.70. The highest BCUT2D eigenvalue weighted by atomic mass is 32.2. The standard InChI is InChI=1S/C11H20OS/c1-2-3-6-10(12)9-11-7-4-5-8-13-11/h11H,2-9H2,1H3. The number of ketones is 1. The van der Waals surface area contributed by atoms with Crippen LogP contribution in [0.3, 0.4) is 0 Å². The first-order valence-corrected chi connectivity index (χ1v) is 6.51. The monoisotopic (exact) mass is 200 g/mol. The molecule has 0 spiro atoms. The van der Waals surface area contributed by atoms with Crippen LogP contribution in [0.1, 0.15) is 51.9 Å². The molecular weight excluding hydrogens is 180 g/mol. The Kier molecular flexibility index (Phi) is 5.52. The second-order valence-electron chi connectivity index (χ2n) is 3.83. The Balaban J connectivity index is 2.11. The van der Waals surface area contributed by atoms with Crippen LogP contribution in [0.15, 0.2) is 0 Å². The molecule has 0 aromatic carbocycles. The second kappa shape index (κ2) is 6.47. The van der Waals surface area contributed by atoms with E-state index in [1.165, 1.54) is 25.0 Å². The SMILES string of the molecule is CCCCC(=O)CC1CCCCS1. The molecule has 1 aliphatic heterocycles. The maximum Gasteiger partial charge on any atom is 0.134 e. The maximum atomic E-state index is 11.5. The molecule has 1 aliphatic rings. The summed E-state index contributed by atoms with van der Waals surface area (Å²) in [4.78, 5) is 11.5. The molecule has 0 bridgehead atoms. The third-order valence-electron chi connectivity index (χ3n) is 2.54. The normalized spacial score (nSPS) is 23.0. The van der Waals surface area contributed by atoms with E-state index >= 15 is 0 Å². The summed E-state index contributed by atoms with van der Waals surface area (Å²) in [5.74, 6) is 1.76. The van der Waals surface area contributed by atoms with Crippen LogP contribution in [0, 0.1) is 0 Å². The summed E-state index contributed by atoms with van der Waals surface area (Å²) in [6, 6.07) is 0. The molecule has 1 unspecified atom stereocenters. The highest BCUT2D eigenvalue weighted by Crippen LogP contribution is 2.27. The fourth-order valence-corrected chi connectivity index (χ4v) is 3.04. The fraction of sp³-hybridized carbons (Fsp3) is 0.909. The number of carbonyl (C=O) groups excluding carboxylic acids is 1. The first kappa shape index (κ1) is 11.1. The van der Waals surface area contributed by atoms with Crippen molar-refractivity contribution in [3.8, 4) is 0 Å². The Labute approximate surface area is 85.7 Å². The molecule has 1 fully saturated rings. The zero-order valence-electron chi connectivity index (χ0n) is 8.55. The molecule has 76 valence electrons. The van der Waals surface area contributed by atoms with Crippen molar-refractivity contribution in [2.45, 2.75) is 57.1 Å². The van der Waals surface area contributed by atoms with Gasteiger partial charge in [0.25, 0.3) is 0 Å². The van der Waals surface area contributed by atoms with Gasteiger partial charge in [-0.2, -0.15) is 11.8 Å². The Morgan fingerprint density at radius 3 is 2.92 bits per heavy atom. The molecule has 0 aromatic rings. The number of hydrogen-bond donors (Lipinski definition) is 0. The minimum Gasteiger partial charge on any atom is -0.300 e. The van der Waals surface area contributed by atoms with Crippen LogP contribution in [-0.4, -0.2) is 16.8 Å². The smallest absolute Gasteiger partial charge is 0.134 e. The van der Waals surface area contributed by atoms with Gasteiger partial charge in [0.15, 0.2) is 0 Å². The number of thioether (sulfide) groups is 1. The van der Waals surface area contributed by atoms with Gasteiger partial charge in [-0.25, -0.2) is 0 Å². The zero-order chi connectivity index (χ0) is 9.52. The lowest BCUT2D eigenvalue weighted by Crippen LogP contribution is -2.14. The molecule has 0 saturated carbocycles. The number of unbranched alkanes of at least 4 members (excludes halogenated alkanes) is 1. The average molecular weight is 200 g/mol. The predicted molar refractivity (Wildman–Crippen MR) is 59.2 cm³/mol. The number of rotatable bonds is 5. The van der Waals surface area contributed by atoms with E-state index in [0.717, 1.165) is 25.7 Å². The zero-order valence-corrected chi connectivity index (χ0v) is 9.37. The van der Waals surface area contributed by atoms with Crippen LogP contribution >= 0.6 is 11.8 Å². The lowest BCUT2D eigenvalue weighted by atomic mass is 10.1. The molecule has 0 N–H and O–H groups in total. The largest absolute Gasteiger partial charge is 0.300 e. The summed E-state index contributed by atoms with van der Waals surface area (Å²) < 4.78 is 0. The summed E-state index contributed by atoms with van der Waals surface area (Å²) in [5, 5.41) is 0.651. The number of carbonyl (C=O) groups is 1. The lowest BCUT2D eigenvalue weighted by Gasteiger charge is -2.20. The second-order valence-corrected chi connectivity index (χ2v) is 5.24. The van der Waals surface area contributed by atoms with Gasteiger partial charge < -0.3 is 0 Å². The highest BCUT2D eigenvalue weighted by molar-refractivity contribution is 7.99. The number of Topliss-reactive ketones (excluding diaryl/α,β-unsaturated/α-hetero) is 1. The summed E-state index contributed by atoms with van der Waals surface area (Å²) >= 11 is 2.00. The first-order valence-electron chi connectivity index (χ1n) is 5.46. The summed E-state index contributed by atoms with van der Waals surface area (Å²) in [6.07, 6.45) is 7.82. The van der Waals surface area contributed by atoms with Crippen molar-refractivity contribution in [3.05, 3.63) is 0 Å². The van der Waals surface area contributed by atoms with Crippen molar-refractivity contribution in [1.29, 1.82) is 0 Å². The van der Waals surface area contributed by atoms with Crippen molar-refractivity contribution in [1.82, 2.24) is 0 Å². The van der Waals surface area contributed by atoms with E-state index in [0.29, 0.717) is 11.0 Å². The van der Waals surface area contributed by atoms with E-state index in [1.54, 1.807) is 0 Å². The van der Waals surface area contributed by atoms with Gasteiger partial charge in [-0.05, 0) is 25.0 Å². The van der Waals surface area contributed by atoms with Gasteiger partial charge >= 0.3 is 0 Å². The van der Waals surface area contributed by atoms with E-state index in [2.05, 4.69) is 6.92 Å². The van der Waals surface area contributed by atoms with Gasteiger partial charge in [-0.3, -0.25) is 4.79 Å². The third-order valence-corrected chi connectivity index (χ3v) is 3.94. The van der Waals surface area contributed by atoms with E-state index in [-0.39, 0.29) is 0 Å². The quantitative estimate of drug-likeness (QED) is 0.676. The summed E-state index contributed by atoms with van der Waals surface area (Å²) in [5.41, 5.74) is 0. The minimum absolute atomic E-state index is 0.487. The lowest BCUT2D eigenvalue weighted by molar-refractivity contribution is -0.119. The molecule has 1 atom stereocenters. The van der Waals surface area contributed by atoms with Crippen LogP contribution in [0.5, 0.6) is 0 Å². The van der Waals surface area contributed by atoms with Gasteiger partial charge in [0, 0.05) is 18.1 Å². The maximum absolute atomic E-state index is 11.5. The Morgan fingerprint density at radius 2 is 2.31 bits per heavy atom. The van der Waals surface area contributed by atoms with Crippen LogP contribution in [0.4, 0.5) is 0 Å². The molecule has 1 nitrogen and oxygen atoms in total. The van der Waals surface area contributed by atoms with Crippen LogP contribution < -0.4 is 0 Å². The molecule has 0 aromatic heterocycles. The minimum atomic E-state index is 0.487. The van der Waals surface area contributed by atoms with Crippen LogP contribution in [0.2, 0.25) is 0 Å². The molecule has 1 heterocycles. The van der Waals surface area contributed by atoms with E-state index in [9.17, 15) is 4.79 Å². The van der Waals surface area contributed by atoms with Gasteiger partial charge in [0.1, 0.15) is 5.78 Å². The van der Waals surface area contributed by atoms with Crippen molar-refractivity contribution in [3.63, 3.8) is 0 Å². The van der Waals surface area contributed by atoms with E-state index < -0.39 is 0 Å². The molecule has 1 rings (SSSR count). The average Bonchev–Trinajstić information content (AvgIpc) is 2.16. The Bertz CT molecular complexity index is 150. The van der Waals surface area contributed by atoms with E-state index in [1.807, 2.05) is 11.8 Å². The first-order chi connectivity index (χ1) is 6.33. The van der Waals surface area contributed by atoms with Crippen molar-refractivity contribution in [2.75, 3.05) is 5.75 Å². The van der Waals surface area contributed by atoms with E-state index in [4.69, 9.17) is 0 Å². The molecule has 13 heavy (non-hydrogen) atoms. The predicted octanol–water partition coefficient (Wildman–Crippen LogP) is 3.42. The van der Waals surface area contributed by atoms with Crippen molar-refractivity contribution < 1.29 is 4.79 Å². The molecule has 2 heteroatoms. The third kappa shape index (κ3) is 4.70. The van der Waals surface area contributed by atoms with Crippen LogP contribution in [0.25, 0.3) is 0 Å². The Hall–Kier alpha value is 0.0200. The summed E-state index contributed by atoms with van der Waals surface area (Å²) in [6.45, 7) is 2.14. The highest BCUT2D eigenvalue weighted by Gasteiger charge is 2.16. The van der Waals surface area contributed by atoms with Crippen molar-refractivity contribution >= 4 is 17.5 Å². The molecular formula is C11H20OS. The van der Waals surface area contributed by atoms with Gasteiger partial charge in [0.2, 0.25) is 0 Å². The van der Waals surface area contributed by atoms with Gasteiger partial charge in [-0.15, -0.1) is 0 Å². The number of hydrogen-bond acceptors (Lipinski definition) is 2. The Morgan fingerprint density at radius 1 is 1.46 bits per heavy atom. The molecule has 0 aliphatic carbocycles. The van der Waals surface area contributed by atoms with Gasteiger partial charge in [-0.1, -0.05) is 19.8 Å². The molecule has 0 amide bonds. The topological polar surface area (TPSA) is 17.1 Å². The summed E-state index contributed by atoms with van der Waals surface area (Å²) in [7, 11) is 0. The van der Waals surface area contributed by atoms with Crippen LogP contribution in [-0.2, 0) is 4.79 Å². The van der Waals surface area contributed by atoms with Gasteiger partial charge in [0.05, 0.1) is 0 Å². The van der Waals surface area contributed by atoms with Crippen molar-refractivity contribution in [2.24, 2.45) is 0 Å².